The van der Waals surface area contributed by atoms with Crippen LogP contribution >= 0.6 is 0 Å². The Hall–Kier alpha value is -3.54. The highest BCUT2D eigenvalue weighted by atomic mass is 16.6. The molecule has 2 rings (SSSR count). The van der Waals surface area contributed by atoms with E-state index in [2.05, 4.69) is 58.2 Å². The quantitative estimate of drug-likeness (QED) is 0.215. The van der Waals surface area contributed by atoms with Crippen molar-refractivity contribution < 1.29 is 28.5 Å². The van der Waals surface area contributed by atoms with Gasteiger partial charge in [-0.2, -0.15) is 0 Å². The van der Waals surface area contributed by atoms with Crippen LogP contribution in [0.4, 0.5) is 0 Å². The third kappa shape index (κ3) is 8.96. The number of carbonyl (C=O) groups excluding carboxylic acids is 2. The van der Waals surface area contributed by atoms with E-state index in [0.717, 1.165) is 0 Å². The van der Waals surface area contributed by atoms with Gasteiger partial charge in [-0.1, -0.05) is 58.2 Å². The fourth-order valence-corrected chi connectivity index (χ4v) is 3.54. The van der Waals surface area contributed by atoms with Gasteiger partial charge in [-0.15, -0.1) is 0 Å². The Labute approximate surface area is 208 Å². The molecule has 6 nitrogen and oxygen atoms in total. The highest BCUT2D eigenvalue weighted by Gasteiger charge is 2.28. The van der Waals surface area contributed by atoms with Crippen LogP contribution < -0.4 is 9.47 Å². The van der Waals surface area contributed by atoms with Crippen LogP contribution in [0.25, 0.3) is 0 Å². The number of benzene rings is 2. The zero-order valence-electron chi connectivity index (χ0n) is 21.4. The highest BCUT2D eigenvalue weighted by molar-refractivity contribution is 5.87. The number of carbonyl (C=O) groups is 2. The maximum absolute atomic E-state index is 11.4. The molecule has 0 heterocycles. The molecule has 0 saturated heterocycles. The molecule has 0 N–H and O–H groups in total. The molecule has 188 valence electrons. The van der Waals surface area contributed by atoms with Gasteiger partial charge in [-0.25, -0.2) is 9.59 Å². The van der Waals surface area contributed by atoms with Crippen LogP contribution in [0.15, 0.2) is 72.8 Å². The summed E-state index contributed by atoms with van der Waals surface area (Å²) < 4.78 is 21.5. The summed E-state index contributed by atoms with van der Waals surface area (Å²) in [5.74, 6) is 0.741. The average molecular weight is 481 g/mol. The topological polar surface area (TPSA) is 71.1 Å². The molecule has 6 heteroatoms. The highest BCUT2D eigenvalue weighted by Crippen LogP contribution is 2.41. The lowest BCUT2D eigenvalue weighted by molar-refractivity contribution is -0.140. The molecule has 0 saturated carbocycles. The van der Waals surface area contributed by atoms with Crippen LogP contribution in [0.2, 0.25) is 0 Å². The molecule has 0 spiro atoms. The minimum Gasteiger partial charge on any atom is -0.490 e. The number of esters is 2. The monoisotopic (exact) mass is 480 g/mol. The molecule has 0 bridgehead atoms. The van der Waals surface area contributed by atoms with Gasteiger partial charge in [0.25, 0.3) is 0 Å². The van der Waals surface area contributed by atoms with E-state index in [9.17, 15) is 9.59 Å². The predicted molar refractivity (Wildman–Crippen MR) is 137 cm³/mol. The molecular weight excluding hydrogens is 444 g/mol. The van der Waals surface area contributed by atoms with Crippen molar-refractivity contribution in [2.75, 3.05) is 26.4 Å². The predicted octanol–water partition coefficient (Wildman–Crippen LogP) is 5.86. The molecule has 0 amide bonds. The summed E-state index contributed by atoms with van der Waals surface area (Å²) in [4.78, 5) is 22.9. The second-order valence-corrected chi connectivity index (χ2v) is 9.47. The van der Waals surface area contributed by atoms with Gasteiger partial charge in [0.15, 0.2) is 0 Å². The van der Waals surface area contributed by atoms with Gasteiger partial charge in [-0.05, 0) is 54.7 Å². The van der Waals surface area contributed by atoms with E-state index < -0.39 is 11.9 Å². The average Bonchev–Trinajstić information content (AvgIpc) is 2.80. The van der Waals surface area contributed by atoms with Gasteiger partial charge in [0.1, 0.15) is 37.9 Å². The van der Waals surface area contributed by atoms with Crippen molar-refractivity contribution in [1.82, 2.24) is 0 Å². The van der Waals surface area contributed by atoms with E-state index in [-0.39, 0.29) is 37.8 Å². The Morgan fingerprint density at radius 3 is 1.31 bits per heavy atom. The summed E-state index contributed by atoms with van der Waals surface area (Å²) in [7, 11) is 0. The van der Waals surface area contributed by atoms with Crippen molar-refractivity contribution in [3.63, 3.8) is 0 Å². The summed E-state index contributed by atoms with van der Waals surface area (Å²) in [5, 5.41) is 0. The van der Waals surface area contributed by atoms with Crippen LogP contribution in [0.5, 0.6) is 11.5 Å². The Morgan fingerprint density at radius 2 is 1.03 bits per heavy atom. The fraction of sp³-hybridized carbons (Fsp3) is 0.379. The fourth-order valence-electron chi connectivity index (χ4n) is 3.54. The maximum Gasteiger partial charge on any atom is 0.333 e. The Bertz CT molecular complexity index is 935. The van der Waals surface area contributed by atoms with E-state index in [1.54, 1.807) is 13.8 Å². The van der Waals surface area contributed by atoms with Crippen molar-refractivity contribution in [2.45, 2.75) is 40.5 Å². The van der Waals surface area contributed by atoms with Crippen molar-refractivity contribution in [3.05, 3.63) is 84.0 Å². The number of rotatable bonds is 12. The summed E-state index contributed by atoms with van der Waals surface area (Å²) in [5.41, 5.74) is 3.04. The number of hydrogen-bond donors (Lipinski definition) is 0. The lowest BCUT2D eigenvalue weighted by Gasteiger charge is -2.32. The second-order valence-electron chi connectivity index (χ2n) is 9.47. The van der Waals surface area contributed by atoms with Crippen LogP contribution in [0.1, 0.15) is 51.7 Å². The first kappa shape index (κ1) is 27.7. The molecule has 35 heavy (non-hydrogen) atoms. The van der Waals surface area contributed by atoms with Crippen molar-refractivity contribution in [3.8, 4) is 11.5 Å². The molecule has 2 aromatic carbocycles. The SMILES string of the molecule is C=C(C)C(=O)OCCOc1ccc(C(c2ccc(OCCOC(=O)C(=C)C)cc2)C(C)(C)C)cc1. The summed E-state index contributed by atoms with van der Waals surface area (Å²) in [6.45, 7) is 17.8. The van der Waals surface area contributed by atoms with Crippen molar-refractivity contribution in [2.24, 2.45) is 5.41 Å². The Kier molecular flexibility index (Phi) is 10.1. The van der Waals surface area contributed by atoms with Crippen molar-refractivity contribution >= 4 is 11.9 Å². The summed E-state index contributed by atoms with van der Waals surface area (Å²) >= 11 is 0. The number of hydrogen-bond acceptors (Lipinski definition) is 6. The molecule has 0 aliphatic rings. The normalized spacial score (nSPS) is 11.0. The Morgan fingerprint density at radius 1 is 0.686 bits per heavy atom. The lowest BCUT2D eigenvalue weighted by atomic mass is 9.72. The minimum atomic E-state index is -0.417. The lowest BCUT2D eigenvalue weighted by Crippen LogP contribution is -2.19. The van der Waals surface area contributed by atoms with Crippen molar-refractivity contribution in [1.29, 1.82) is 0 Å². The van der Waals surface area contributed by atoms with Crippen LogP contribution in [0, 0.1) is 5.41 Å². The van der Waals surface area contributed by atoms with E-state index >= 15 is 0 Å². The van der Waals surface area contributed by atoms with Crippen LogP contribution in [-0.2, 0) is 19.1 Å². The third-order valence-electron chi connectivity index (χ3n) is 5.16. The van der Waals surface area contributed by atoms with E-state index in [0.29, 0.717) is 22.6 Å². The standard InChI is InChI=1S/C29H36O6/c1-20(2)27(30)34-18-16-32-24-12-8-22(9-13-24)26(29(5,6)7)23-10-14-25(15-11-23)33-17-19-35-28(31)21(3)4/h8-15,26H,1,3,16-19H2,2,4-7H3. The molecule has 0 aromatic heterocycles. The second kappa shape index (κ2) is 12.8. The first-order valence-electron chi connectivity index (χ1n) is 11.6. The smallest absolute Gasteiger partial charge is 0.333 e. The van der Waals surface area contributed by atoms with Gasteiger partial charge in [0.05, 0.1) is 0 Å². The van der Waals surface area contributed by atoms with Crippen LogP contribution in [-0.4, -0.2) is 38.4 Å². The first-order chi connectivity index (χ1) is 16.5. The largest absolute Gasteiger partial charge is 0.490 e. The van der Waals surface area contributed by atoms with Gasteiger partial charge >= 0.3 is 11.9 Å². The minimum absolute atomic E-state index is 0.0295. The molecule has 0 unspecified atom stereocenters. The molecular formula is C29H36O6. The first-order valence-corrected chi connectivity index (χ1v) is 11.6. The summed E-state index contributed by atoms with van der Waals surface area (Å²) in [6, 6.07) is 16.0. The van der Waals surface area contributed by atoms with Gasteiger partial charge in [0.2, 0.25) is 0 Å². The number of ether oxygens (including phenoxy) is 4. The molecule has 0 radical (unpaired) electrons. The molecule has 0 atom stereocenters. The van der Waals surface area contributed by atoms with Gasteiger partial charge in [0, 0.05) is 17.1 Å². The molecule has 0 aliphatic carbocycles. The summed E-state index contributed by atoms with van der Waals surface area (Å²) in [6.07, 6.45) is 0. The van der Waals surface area contributed by atoms with Gasteiger partial charge < -0.3 is 18.9 Å². The third-order valence-corrected chi connectivity index (χ3v) is 5.16. The van der Waals surface area contributed by atoms with E-state index in [1.165, 1.54) is 11.1 Å². The molecule has 0 fully saturated rings. The van der Waals surface area contributed by atoms with Gasteiger partial charge in [-0.3, -0.25) is 0 Å². The molecule has 0 aliphatic heterocycles. The van der Waals surface area contributed by atoms with Crippen LogP contribution in [0.3, 0.4) is 0 Å². The Balaban J connectivity index is 1.99. The van der Waals surface area contributed by atoms with E-state index in [4.69, 9.17) is 18.9 Å². The van der Waals surface area contributed by atoms with E-state index in [1.807, 2.05) is 24.3 Å². The zero-order valence-corrected chi connectivity index (χ0v) is 21.4. The maximum atomic E-state index is 11.4. The zero-order chi connectivity index (χ0) is 26.0. The molecule has 2 aromatic rings.